The number of nitrogens with zero attached hydrogens (tertiary/aromatic N) is 5. The molecule has 30 heavy (non-hydrogen) atoms. The number of carbonyl (C=O) groups is 2. The molecule has 0 spiro atoms. The van der Waals surface area contributed by atoms with E-state index < -0.39 is 5.97 Å². The van der Waals surface area contributed by atoms with E-state index in [1.807, 2.05) is 67.6 Å². The van der Waals surface area contributed by atoms with E-state index in [0.717, 1.165) is 11.1 Å². The number of benzene rings is 2. The summed E-state index contributed by atoms with van der Waals surface area (Å²) in [7, 11) is 0. The Morgan fingerprint density at radius 3 is 2.33 bits per heavy atom. The molecule has 8 heteroatoms. The molecule has 8 nitrogen and oxygen atoms in total. The summed E-state index contributed by atoms with van der Waals surface area (Å²) in [5.41, 5.74) is 1.92. The van der Waals surface area contributed by atoms with Crippen LogP contribution in [0.5, 0.6) is 0 Å². The van der Waals surface area contributed by atoms with Crippen LogP contribution in [-0.2, 0) is 20.9 Å². The van der Waals surface area contributed by atoms with Gasteiger partial charge in [-0.2, -0.15) is 4.68 Å². The van der Waals surface area contributed by atoms with Crippen molar-refractivity contribution >= 4 is 23.6 Å². The van der Waals surface area contributed by atoms with Crippen molar-refractivity contribution in [2.24, 2.45) is 0 Å². The van der Waals surface area contributed by atoms with Crippen molar-refractivity contribution in [3.05, 3.63) is 77.6 Å². The van der Waals surface area contributed by atoms with Crippen LogP contribution >= 0.6 is 0 Å². The van der Waals surface area contributed by atoms with Gasteiger partial charge in [0.1, 0.15) is 0 Å². The van der Waals surface area contributed by atoms with Crippen molar-refractivity contribution in [2.75, 3.05) is 13.2 Å². The van der Waals surface area contributed by atoms with E-state index >= 15 is 0 Å². The van der Waals surface area contributed by atoms with Crippen LogP contribution < -0.4 is 0 Å². The molecule has 1 aromatic heterocycles. The minimum atomic E-state index is -0.682. The van der Waals surface area contributed by atoms with Gasteiger partial charge in [0.25, 0.3) is 5.91 Å². The maximum atomic E-state index is 12.8. The molecule has 0 N–H and O–H groups in total. The van der Waals surface area contributed by atoms with Gasteiger partial charge in [-0.15, -0.1) is 5.10 Å². The number of likely N-dealkylation sites (N-methyl/N-ethyl adjacent to an activating group) is 1. The van der Waals surface area contributed by atoms with E-state index in [-0.39, 0.29) is 18.2 Å². The van der Waals surface area contributed by atoms with Crippen molar-refractivity contribution in [2.45, 2.75) is 20.4 Å². The van der Waals surface area contributed by atoms with Crippen molar-refractivity contribution in [3.8, 4) is 0 Å². The molecule has 0 fully saturated rings. The highest BCUT2D eigenvalue weighted by Gasteiger charge is 2.20. The van der Waals surface area contributed by atoms with Crippen LogP contribution in [0.3, 0.4) is 0 Å². The van der Waals surface area contributed by atoms with Gasteiger partial charge in [0.05, 0.1) is 0 Å². The SMILES string of the molecule is CCN(Cc1ccccc1)C(=O)COC(=O)/C(=C/c1ccccc1)n1nnnc1C. The highest BCUT2D eigenvalue weighted by Crippen LogP contribution is 2.14. The van der Waals surface area contributed by atoms with Crippen LogP contribution in [0.15, 0.2) is 60.7 Å². The van der Waals surface area contributed by atoms with Gasteiger partial charge in [-0.1, -0.05) is 60.7 Å². The first kappa shape index (κ1) is 20.9. The van der Waals surface area contributed by atoms with E-state index in [2.05, 4.69) is 15.5 Å². The van der Waals surface area contributed by atoms with Gasteiger partial charge in [0.15, 0.2) is 18.1 Å². The number of ether oxygens (including phenoxy) is 1. The molecule has 3 aromatic rings. The lowest BCUT2D eigenvalue weighted by atomic mass is 10.2. The van der Waals surface area contributed by atoms with Crippen LogP contribution in [-0.4, -0.2) is 50.1 Å². The Kier molecular flexibility index (Phi) is 7.05. The first-order valence-electron chi connectivity index (χ1n) is 9.59. The number of rotatable bonds is 8. The average Bonchev–Trinajstić information content (AvgIpc) is 3.20. The number of amides is 1. The van der Waals surface area contributed by atoms with E-state index in [1.165, 1.54) is 4.68 Å². The van der Waals surface area contributed by atoms with Crippen molar-refractivity contribution in [1.29, 1.82) is 0 Å². The molecule has 0 bridgehead atoms. The molecule has 0 saturated heterocycles. The Balaban J connectivity index is 1.72. The summed E-state index contributed by atoms with van der Waals surface area (Å²) < 4.78 is 6.62. The fraction of sp³-hybridized carbons (Fsp3) is 0.227. The van der Waals surface area contributed by atoms with E-state index in [9.17, 15) is 9.59 Å². The number of hydrogen-bond donors (Lipinski definition) is 0. The second-order valence-electron chi connectivity index (χ2n) is 6.55. The predicted molar refractivity (Wildman–Crippen MR) is 112 cm³/mol. The number of carbonyl (C=O) groups excluding carboxylic acids is 2. The van der Waals surface area contributed by atoms with Crippen LogP contribution in [0.2, 0.25) is 0 Å². The lowest BCUT2D eigenvalue weighted by molar-refractivity contribution is -0.148. The smallest absolute Gasteiger partial charge is 0.357 e. The molecule has 0 atom stereocenters. The topological polar surface area (TPSA) is 90.2 Å². The third-order valence-electron chi connectivity index (χ3n) is 4.44. The summed E-state index contributed by atoms with van der Waals surface area (Å²) in [6, 6.07) is 18.9. The fourth-order valence-corrected chi connectivity index (χ4v) is 2.84. The van der Waals surface area contributed by atoms with Gasteiger partial charge in [0.2, 0.25) is 0 Å². The number of hydrogen-bond acceptors (Lipinski definition) is 6. The van der Waals surface area contributed by atoms with Gasteiger partial charge in [-0.25, -0.2) is 4.79 Å². The monoisotopic (exact) mass is 405 g/mol. The maximum Gasteiger partial charge on any atom is 0.357 e. The molecule has 0 aliphatic rings. The van der Waals surface area contributed by atoms with Crippen molar-refractivity contribution in [1.82, 2.24) is 25.1 Å². The van der Waals surface area contributed by atoms with E-state index in [4.69, 9.17) is 4.74 Å². The molecular weight excluding hydrogens is 382 g/mol. The zero-order chi connectivity index (χ0) is 21.3. The Morgan fingerprint density at radius 2 is 1.73 bits per heavy atom. The van der Waals surface area contributed by atoms with Crippen molar-refractivity contribution in [3.63, 3.8) is 0 Å². The first-order chi connectivity index (χ1) is 14.6. The zero-order valence-corrected chi connectivity index (χ0v) is 16.9. The summed E-state index contributed by atoms with van der Waals surface area (Å²) in [6.07, 6.45) is 1.62. The highest BCUT2D eigenvalue weighted by atomic mass is 16.5. The van der Waals surface area contributed by atoms with E-state index in [0.29, 0.717) is 18.9 Å². The van der Waals surface area contributed by atoms with Gasteiger partial charge in [-0.3, -0.25) is 4.79 Å². The maximum absolute atomic E-state index is 12.8. The third kappa shape index (κ3) is 5.38. The van der Waals surface area contributed by atoms with Crippen LogP contribution in [0, 0.1) is 6.92 Å². The molecule has 154 valence electrons. The Bertz CT molecular complexity index is 1020. The summed E-state index contributed by atoms with van der Waals surface area (Å²) in [5.74, 6) is -0.528. The minimum Gasteiger partial charge on any atom is -0.451 e. The van der Waals surface area contributed by atoms with E-state index in [1.54, 1.807) is 17.9 Å². The summed E-state index contributed by atoms with van der Waals surface area (Å²) in [5, 5.41) is 11.3. The number of tetrazole rings is 1. The van der Waals surface area contributed by atoms with Gasteiger partial charge >= 0.3 is 5.97 Å². The largest absolute Gasteiger partial charge is 0.451 e. The number of aryl methyl sites for hydroxylation is 1. The lowest BCUT2D eigenvalue weighted by Crippen LogP contribution is -2.34. The Morgan fingerprint density at radius 1 is 1.07 bits per heavy atom. The zero-order valence-electron chi connectivity index (χ0n) is 16.9. The van der Waals surface area contributed by atoms with Crippen LogP contribution in [0.1, 0.15) is 23.9 Å². The van der Waals surface area contributed by atoms with Crippen LogP contribution in [0.25, 0.3) is 11.8 Å². The Labute approximate surface area is 174 Å². The molecule has 1 amide bonds. The highest BCUT2D eigenvalue weighted by molar-refractivity contribution is 6.15. The molecule has 0 saturated carbocycles. The first-order valence-corrected chi connectivity index (χ1v) is 9.59. The molecule has 3 rings (SSSR count). The second-order valence-corrected chi connectivity index (χ2v) is 6.55. The molecule has 0 radical (unpaired) electrons. The fourth-order valence-electron chi connectivity index (χ4n) is 2.84. The third-order valence-corrected chi connectivity index (χ3v) is 4.44. The van der Waals surface area contributed by atoms with Gasteiger partial charge < -0.3 is 9.64 Å². The van der Waals surface area contributed by atoms with Gasteiger partial charge in [0, 0.05) is 13.1 Å². The average molecular weight is 405 g/mol. The lowest BCUT2D eigenvalue weighted by Gasteiger charge is -2.21. The van der Waals surface area contributed by atoms with Gasteiger partial charge in [-0.05, 0) is 41.5 Å². The summed E-state index contributed by atoms with van der Waals surface area (Å²) >= 11 is 0. The van der Waals surface area contributed by atoms with Crippen LogP contribution in [0.4, 0.5) is 0 Å². The molecule has 0 aliphatic carbocycles. The molecule has 0 aliphatic heterocycles. The quantitative estimate of drug-likeness (QED) is 0.423. The molecule has 1 heterocycles. The number of aromatic nitrogens is 4. The molecular formula is C22H23N5O3. The summed E-state index contributed by atoms with van der Waals surface area (Å²) in [6.45, 7) is 4.15. The molecule has 0 unspecified atom stereocenters. The normalized spacial score (nSPS) is 11.2. The predicted octanol–water partition coefficient (Wildman–Crippen LogP) is 2.57. The standard InChI is InChI=1S/C22H23N5O3/c1-3-26(15-19-12-8-5-9-13-19)21(28)16-30-22(29)20(27-17(2)23-24-25-27)14-18-10-6-4-7-11-18/h4-14H,3,15-16H2,1-2H3/b20-14-. The summed E-state index contributed by atoms with van der Waals surface area (Å²) in [4.78, 5) is 27.0. The minimum absolute atomic E-state index is 0.127. The molecule has 2 aromatic carbocycles. The second kappa shape index (κ2) is 10.1. The number of esters is 1. The Hall–Kier alpha value is -3.81. The van der Waals surface area contributed by atoms with Crippen molar-refractivity contribution < 1.29 is 14.3 Å².